The van der Waals surface area contributed by atoms with Gasteiger partial charge in [0.05, 0.1) is 13.2 Å². The molecule has 2 aliphatic rings. The van der Waals surface area contributed by atoms with Crippen LogP contribution in [0.5, 0.6) is 11.5 Å². The lowest BCUT2D eigenvalue weighted by molar-refractivity contribution is 0.297. The van der Waals surface area contributed by atoms with Crippen molar-refractivity contribution in [1.29, 1.82) is 0 Å². The van der Waals surface area contributed by atoms with E-state index in [0.29, 0.717) is 5.92 Å². The van der Waals surface area contributed by atoms with Gasteiger partial charge in [0.2, 0.25) is 0 Å². The molecule has 17 heavy (non-hydrogen) atoms. The topological polar surface area (TPSA) is 44.5 Å². The Bertz CT molecular complexity index is 391. The lowest BCUT2D eigenvalue weighted by Gasteiger charge is -2.28. The molecule has 0 spiro atoms. The summed E-state index contributed by atoms with van der Waals surface area (Å²) < 4.78 is 11.4. The van der Waals surface area contributed by atoms with Gasteiger partial charge in [-0.05, 0) is 42.0 Å². The predicted octanol–water partition coefficient (Wildman–Crippen LogP) is 2.75. The van der Waals surface area contributed by atoms with Crippen molar-refractivity contribution in [3.05, 3.63) is 23.3 Å². The molecule has 0 fully saturated rings. The molecular formula is C14H19NO2. The van der Waals surface area contributed by atoms with Crippen LogP contribution in [0.15, 0.2) is 12.1 Å². The van der Waals surface area contributed by atoms with Crippen LogP contribution in [-0.4, -0.2) is 13.2 Å². The lowest BCUT2D eigenvalue weighted by atomic mass is 9.81. The van der Waals surface area contributed by atoms with E-state index in [1.54, 1.807) is 0 Å². The van der Waals surface area contributed by atoms with Gasteiger partial charge in [0, 0.05) is 12.5 Å². The van der Waals surface area contributed by atoms with Crippen molar-refractivity contribution >= 4 is 0 Å². The van der Waals surface area contributed by atoms with Crippen molar-refractivity contribution in [2.75, 3.05) is 13.2 Å². The Morgan fingerprint density at radius 3 is 2.41 bits per heavy atom. The highest BCUT2D eigenvalue weighted by atomic mass is 16.5. The van der Waals surface area contributed by atoms with Crippen LogP contribution in [0.25, 0.3) is 0 Å². The summed E-state index contributed by atoms with van der Waals surface area (Å²) in [5.74, 6) is 2.33. The van der Waals surface area contributed by atoms with Crippen LogP contribution in [0, 0.1) is 0 Å². The van der Waals surface area contributed by atoms with E-state index in [9.17, 15) is 0 Å². The SMILES string of the molecule is CC1CC[C@H](N)c2cc3c(cc21)OCCCO3. The predicted molar refractivity (Wildman–Crippen MR) is 66.6 cm³/mol. The molecule has 2 N–H and O–H groups in total. The Balaban J connectivity index is 2.08. The van der Waals surface area contributed by atoms with Gasteiger partial charge in [0.1, 0.15) is 0 Å². The van der Waals surface area contributed by atoms with Crippen LogP contribution in [0.4, 0.5) is 0 Å². The number of fused-ring (bicyclic) bond motifs is 2. The maximum Gasteiger partial charge on any atom is 0.161 e. The molecule has 0 saturated heterocycles. The summed E-state index contributed by atoms with van der Waals surface area (Å²) in [4.78, 5) is 0. The fourth-order valence-corrected chi connectivity index (χ4v) is 2.73. The summed E-state index contributed by atoms with van der Waals surface area (Å²) in [6.45, 7) is 3.73. The zero-order valence-corrected chi connectivity index (χ0v) is 10.2. The largest absolute Gasteiger partial charge is 0.490 e. The highest BCUT2D eigenvalue weighted by Crippen LogP contribution is 2.42. The third-order valence-corrected chi connectivity index (χ3v) is 3.79. The first kappa shape index (κ1) is 10.9. The molecule has 0 saturated carbocycles. The molecule has 0 bridgehead atoms. The summed E-state index contributed by atoms with van der Waals surface area (Å²) in [5, 5.41) is 0. The molecular weight excluding hydrogens is 214 g/mol. The van der Waals surface area contributed by atoms with E-state index in [-0.39, 0.29) is 6.04 Å². The molecule has 3 rings (SSSR count). The average molecular weight is 233 g/mol. The standard InChI is InChI=1S/C14H19NO2/c1-9-3-4-12(15)11-8-14-13(7-10(9)11)16-5-2-6-17-14/h7-9,12H,2-6,15H2,1H3/t9?,12-/m0/s1. The fourth-order valence-electron chi connectivity index (χ4n) is 2.73. The molecule has 0 amide bonds. The highest BCUT2D eigenvalue weighted by molar-refractivity contribution is 5.50. The average Bonchev–Trinajstić information content (AvgIpc) is 2.57. The van der Waals surface area contributed by atoms with E-state index >= 15 is 0 Å². The summed E-state index contributed by atoms with van der Waals surface area (Å²) >= 11 is 0. The number of hydrogen-bond acceptors (Lipinski definition) is 3. The first-order chi connectivity index (χ1) is 8.25. The van der Waals surface area contributed by atoms with Crippen LogP contribution in [0.1, 0.15) is 49.3 Å². The van der Waals surface area contributed by atoms with Crippen LogP contribution >= 0.6 is 0 Å². The molecule has 1 aliphatic heterocycles. The number of rotatable bonds is 0. The quantitative estimate of drug-likeness (QED) is 0.749. The smallest absolute Gasteiger partial charge is 0.161 e. The van der Waals surface area contributed by atoms with Gasteiger partial charge in [-0.1, -0.05) is 6.92 Å². The number of nitrogens with two attached hydrogens (primary N) is 1. The maximum absolute atomic E-state index is 6.18. The maximum atomic E-state index is 6.18. The minimum atomic E-state index is 0.151. The van der Waals surface area contributed by atoms with Crippen molar-refractivity contribution in [3.8, 4) is 11.5 Å². The Kier molecular flexibility index (Phi) is 2.71. The van der Waals surface area contributed by atoms with Crippen molar-refractivity contribution in [2.24, 2.45) is 5.73 Å². The normalized spacial score (nSPS) is 27.2. The molecule has 1 unspecified atom stereocenters. The molecule has 0 aromatic heterocycles. The fraction of sp³-hybridized carbons (Fsp3) is 0.571. The molecule has 92 valence electrons. The molecule has 3 heteroatoms. The van der Waals surface area contributed by atoms with Gasteiger partial charge in [-0.25, -0.2) is 0 Å². The molecule has 3 nitrogen and oxygen atoms in total. The molecule has 1 aliphatic carbocycles. The van der Waals surface area contributed by atoms with Crippen LogP contribution in [0.2, 0.25) is 0 Å². The Hall–Kier alpha value is -1.22. The Labute approximate surface area is 102 Å². The van der Waals surface area contributed by atoms with Gasteiger partial charge in [0.15, 0.2) is 11.5 Å². The van der Waals surface area contributed by atoms with Crippen molar-refractivity contribution < 1.29 is 9.47 Å². The molecule has 1 heterocycles. The van der Waals surface area contributed by atoms with E-state index in [1.165, 1.54) is 11.1 Å². The minimum Gasteiger partial charge on any atom is -0.490 e. The summed E-state index contributed by atoms with van der Waals surface area (Å²) in [5.41, 5.74) is 8.77. The second kappa shape index (κ2) is 4.22. The third kappa shape index (κ3) is 1.89. The van der Waals surface area contributed by atoms with Gasteiger partial charge in [-0.15, -0.1) is 0 Å². The van der Waals surface area contributed by atoms with E-state index in [0.717, 1.165) is 44.0 Å². The van der Waals surface area contributed by atoms with Crippen molar-refractivity contribution in [3.63, 3.8) is 0 Å². The van der Waals surface area contributed by atoms with Gasteiger partial charge in [-0.2, -0.15) is 0 Å². The summed E-state index contributed by atoms with van der Waals surface area (Å²) in [6, 6.07) is 4.38. The second-order valence-corrected chi connectivity index (χ2v) is 5.06. The molecule has 0 radical (unpaired) electrons. The van der Waals surface area contributed by atoms with Gasteiger partial charge >= 0.3 is 0 Å². The van der Waals surface area contributed by atoms with Gasteiger partial charge in [-0.3, -0.25) is 0 Å². The second-order valence-electron chi connectivity index (χ2n) is 5.06. The monoisotopic (exact) mass is 233 g/mol. The zero-order valence-electron chi connectivity index (χ0n) is 10.2. The Morgan fingerprint density at radius 1 is 1.06 bits per heavy atom. The molecule has 1 aromatic rings. The van der Waals surface area contributed by atoms with E-state index in [1.807, 2.05) is 0 Å². The van der Waals surface area contributed by atoms with Gasteiger partial charge in [0.25, 0.3) is 0 Å². The third-order valence-electron chi connectivity index (χ3n) is 3.79. The lowest BCUT2D eigenvalue weighted by Crippen LogP contribution is -2.19. The summed E-state index contributed by atoms with van der Waals surface area (Å²) in [6.07, 6.45) is 3.17. The molecule has 1 aromatic carbocycles. The zero-order chi connectivity index (χ0) is 11.8. The number of hydrogen-bond donors (Lipinski definition) is 1. The van der Waals surface area contributed by atoms with Crippen LogP contribution in [-0.2, 0) is 0 Å². The number of ether oxygens (including phenoxy) is 2. The first-order valence-corrected chi connectivity index (χ1v) is 6.44. The highest BCUT2D eigenvalue weighted by Gasteiger charge is 2.25. The van der Waals surface area contributed by atoms with E-state index in [2.05, 4.69) is 19.1 Å². The molecule has 2 atom stereocenters. The first-order valence-electron chi connectivity index (χ1n) is 6.44. The minimum absolute atomic E-state index is 0.151. The van der Waals surface area contributed by atoms with Crippen molar-refractivity contribution in [1.82, 2.24) is 0 Å². The van der Waals surface area contributed by atoms with E-state index < -0.39 is 0 Å². The van der Waals surface area contributed by atoms with Gasteiger partial charge < -0.3 is 15.2 Å². The number of benzene rings is 1. The van der Waals surface area contributed by atoms with E-state index in [4.69, 9.17) is 15.2 Å². The Morgan fingerprint density at radius 2 is 1.71 bits per heavy atom. The van der Waals surface area contributed by atoms with Crippen LogP contribution in [0.3, 0.4) is 0 Å². The van der Waals surface area contributed by atoms with Crippen LogP contribution < -0.4 is 15.2 Å². The summed E-state index contributed by atoms with van der Waals surface area (Å²) in [7, 11) is 0. The van der Waals surface area contributed by atoms with Crippen molar-refractivity contribution in [2.45, 2.75) is 38.1 Å².